The maximum atomic E-state index is 13.4. The van der Waals surface area contributed by atoms with Gasteiger partial charge >= 0.3 is 0 Å². The van der Waals surface area contributed by atoms with E-state index in [1.54, 1.807) is 42.6 Å². The van der Waals surface area contributed by atoms with Gasteiger partial charge in [-0.15, -0.1) is 0 Å². The molecule has 7 nitrogen and oxygen atoms in total. The Kier molecular flexibility index (Phi) is 4.93. The number of nitrogens with one attached hydrogen (secondary N) is 1. The highest BCUT2D eigenvalue weighted by Crippen LogP contribution is 2.33. The first-order chi connectivity index (χ1) is 16.5. The number of pyridine rings is 1. The van der Waals surface area contributed by atoms with Crippen LogP contribution in [0.3, 0.4) is 0 Å². The SMILES string of the molecule is O=C(Nc1ncc(CN2C(=O)c3ccccc3C2=O)s1)c1c2c(nc3ccc(Cl)cc13)CCC2. The first kappa shape index (κ1) is 20.9. The third kappa shape index (κ3) is 3.38. The minimum absolute atomic E-state index is 0.100. The molecule has 9 heteroatoms. The van der Waals surface area contributed by atoms with Crippen molar-refractivity contribution in [2.45, 2.75) is 25.8 Å². The molecule has 2 aliphatic rings. The molecule has 0 fully saturated rings. The summed E-state index contributed by atoms with van der Waals surface area (Å²) in [6, 6.07) is 12.1. The first-order valence-electron chi connectivity index (χ1n) is 10.8. The van der Waals surface area contributed by atoms with Crippen molar-refractivity contribution in [1.29, 1.82) is 0 Å². The maximum absolute atomic E-state index is 13.4. The Morgan fingerprint density at radius 2 is 1.85 bits per heavy atom. The number of amides is 3. The number of carbonyl (C=O) groups excluding carboxylic acids is 3. The number of hydrogen-bond donors (Lipinski definition) is 1. The van der Waals surface area contributed by atoms with Crippen molar-refractivity contribution in [3.05, 3.63) is 86.5 Å². The van der Waals surface area contributed by atoms with Crippen molar-refractivity contribution < 1.29 is 14.4 Å². The number of hydrogen-bond acceptors (Lipinski definition) is 6. The van der Waals surface area contributed by atoms with Gasteiger partial charge in [-0.3, -0.25) is 29.6 Å². The molecule has 3 amide bonds. The third-order valence-electron chi connectivity index (χ3n) is 6.17. The van der Waals surface area contributed by atoms with Gasteiger partial charge < -0.3 is 0 Å². The lowest BCUT2D eigenvalue weighted by Crippen LogP contribution is -2.28. The molecular weight excluding hydrogens is 472 g/mol. The molecule has 1 aliphatic carbocycles. The van der Waals surface area contributed by atoms with Gasteiger partial charge in [-0.05, 0) is 55.2 Å². The Morgan fingerprint density at radius 3 is 2.62 bits per heavy atom. The molecule has 2 aromatic heterocycles. The molecule has 6 rings (SSSR count). The van der Waals surface area contributed by atoms with Gasteiger partial charge in [-0.25, -0.2) is 4.98 Å². The van der Waals surface area contributed by atoms with Gasteiger partial charge in [-0.1, -0.05) is 35.1 Å². The van der Waals surface area contributed by atoms with Crippen molar-refractivity contribution >= 4 is 56.7 Å². The van der Waals surface area contributed by atoms with Crippen LogP contribution in [0.5, 0.6) is 0 Å². The Labute approximate surface area is 203 Å². The van der Waals surface area contributed by atoms with Gasteiger partial charge in [0.15, 0.2) is 5.13 Å². The van der Waals surface area contributed by atoms with E-state index in [0.717, 1.165) is 36.0 Å². The van der Waals surface area contributed by atoms with Crippen LogP contribution < -0.4 is 5.32 Å². The smallest absolute Gasteiger partial charge is 0.261 e. The van der Waals surface area contributed by atoms with Crippen LogP contribution in [0.1, 0.15) is 53.6 Å². The summed E-state index contributed by atoms with van der Waals surface area (Å²) in [7, 11) is 0. The fourth-order valence-corrected chi connectivity index (χ4v) is 5.60. The lowest BCUT2D eigenvalue weighted by atomic mass is 10.0. The van der Waals surface area contributed by atoms with Crippen LogP contribution in [0.15, 0.2) is 48.7 Å². The summed E-state index contributed by atoms with van der Waals surface area (Å²) in [5, 5.41) is 4.55. The fourth-order valence-electron chi connectivity index (χ4n) is 4.63. The van der Waals surface area contributed by atoms with Crippen molar-refractivity contribution in [2.75, 3.05) is 5.32 Å². The highest BCUT2D eigenvalue weighted by atomic mass is 35.5. The molecule has 0 saturated heterocycles. The quantitative estimate of drug-likeness (QED) is 0.413. The second-order valence-corrected chi connectivity index (χ2v) is 9.81. The number of fused-ring (bicyclic) bond motifs is 3. The number of benzene rings is 2. The average molecular weight is 489 g/mol. The van der Waals surface area contributed by atoms with Crippen molar-refractivity contribution in [2.24, 2.45) is 0 Å². The second kappa shape index (κ2) is 8.00. The van der Waals surface area contributed by atoms with Gasteiger partial charge in [0.2, 0.25) is 0 Å². The van der Waals surface area contributed by atoms with E-state index in [9.17, 15) is 14.4 Å². The number of aromatic nitrogens is 2. The van der Waals surface area contributed by atoms with Gasteiger partial charge in [-0.2, -0.15) is 0 Å². The van der Waals surface area contributed by atoms with Crippen LogP contribution in [-0.2, 0) is 19.4 Å². The largest absolute Gasteiger partial charge is 0.298 e. The van der Waals surface area contributed by atoms with Crippen LogP contribution in [0.4, 0.5) is 5.13 Å². The van der Waals surface area contributed by atoms with E-state index in [1.165, 1.54) is 16.2 Å². The normalized spacial score (nSPS) is 14.6. The summed E-state index contributed by atoms with van der Waals surface area (Å²) in [5.74, 6) is -0.917. The van der Waals surface area contributed by atoms with Crippen LogP contribution in [-0.4, -0.2) is 32.6 Å². The molecule has 0 saturated carbocycles. The molecule has 1 aliphatic heterocycles. The monoisotopic (exact) mass is 488 g/mol. The van der Waals surface area contributed by atoms with Gasteiger partial charge in [0.05, 0.1) is 28.8 Å². The molecule has 0 radical (unpaired) electrons. The highest BCUT2D eigenvalue weighted by Gasteiger charge is 2.35. The average Bonchev–Trinajstić information content (AvgIpc) is 3.53. The number of carbonyl (C=O) groups is 3. The van der Waals surface area contributed by atoms with E-state index in [0.29, 0.717) is 37.1 Å². The number of anilines is 1. The number of rotatable bonds is 4. The number of aryl methyl sites for hydroxylation is 1. The lowest BCUT2D eigenvalue weighted by Gasteiger charge is -2.12. The zero-order chi connectivity index (χ0) is 23.4. The molecule has 0 atom stereocenters. The summed E-state index contributed by atoms with van der Waals surface area (Å²) in [6.07, 6.45) is 4.16. The Balaban J connectivity index is 1.26. The van der Waals surface area contributed by atoms with Crippen LogP contribution in [0, 0.1) is 0 Å². The molecule has 0 spiro atoms. The van der Waals surface area contributed by atoms with Crippen molar-refractivity contribution in [3.63, 3.8) is 0 Å². The van der Waals surface area contributed by atoms with Gasteiger partial charge in [0.1, 0.15) is 0 Å². The summed E-state index contributed by atoms with van der Waals surface area (Å²) in [5.41, 5.74) is 4.03. The first-order valence-corrected chi connectivity index (χ1v) is 12.0. The van der Waals surface area contributed by atoms with E-state index in [4.69, 9.17) is 16.6 Å². The Hall–Kier alpha value is -3.62. The standard InChI is InChI=1S/C25H17ClN4O3S/c26-13-8-9-20-18(10-13)21(17-6-3-7-19(17)28-20)22(31)29-25-27-11-14(34-25)12-30-23(32)15-4-1-2-5-16(15)24(30)33/h1-2,4-5,8-11H,3,6-7,12H2,(H,27,29,31). The zero-order valence-electron chi connectivity index (χ0n) is 17.8. The summed E-state index contributed by atoms with van der Waals surface area (Å²) in [6.45, 7) is 0.100. The molecule has 3 heterocycles. The molecule has 2 aromatic carbocycles. The summed E-state index contributed by atoms with van der Waals surface area (Å²) in [4.78, 5) is 49.6. The van der Waals surface area contributed by atoms with Crippen LogP contribution >= 0.6 is 22.9 Å². The lowest BCUT2D eigenvalue weighted by molar-refractivity contribution is 0.0643. The summed E-state index contributed by atoms with van der Waals surface area (Å²) < 4.78 is 0. The number of nitrogens with zero attached hydrogens (tertiary/aromatic N) is 3. The van der Waals surface area contributed by atoms with E-state index < -0.39 is 0 Å². The minimum atomic E-state index is -0.324. The van der Waals surface area contributed by atoms with Crippen LogP contribution in [0.25, 0.3) is 10.9 Å². The fraction of sp³-hybridized carbons (Fsp3) is 0.160. The number of halogens is 1. The maximum Gasteiger partial charge on any atom is 0.261 e. The minimum Gasteiger partial charge on any atom is -0.298 e. The molecule has 0 bridgehead atoms. The molecular formula is C25H17ClN4O3S. The van der Waals surface area contributed by atoms with Crippen molar-refractivity contribution in [1.82, 2.24) is 14.9 Å². The highest BCUT2D eigenvalue weighted by molar-refractivity contribution is 7.15. The topological polar surface area (TPSA) is 92.3 Å². The number of imide groups is 1. The van der Waals surface area contributed by atoms with E-state index in [-0.39, 0.29) is 24.3 Å². The predicted molar refractivity (Wildman–Crippen MR) is 129 cm³/mol. The van der Waals surface area contributed by atoms with Gasteiger partial charge in [0.25, 0.3) is 17.7 Å². The van der Waals surface area contributed by atoms with Gasteiger partial charge in [0, 0.05) is 27.2 Å². The molecule has 34 heavy (non-hydrogen) atoms. The Morgan fingerprint density at radius 1 is 1.09 bits per heavy atom. The molecule has 4 aromatic rings. The summed E-state index contributed by atoms with van der Waals surface area (Å²) >= 11 is 7.45. The zero-order valence-corrected chi connectivity index (χ0v) is 19.4. The van der Waals surface area contributed by atoms with E-state index in [2.05, 4.69) is 10.3 Å². The Bertz CT molecular complexity index is 1500. The number of thiazole rings is 1. The van der Waals surface area contributed by atoms with E-state index >= 15 is 0 Å². The molecule has 0 unspecified atom stereocenters. The third-order valence-corrected chi connectivity index (χ3v) is 7.30. The van der Waals surface area contributed by atoms with Crippen molar-refractivity contribution in [3.8, 4) is 0 Å². The molecule has 168 valence electrons. The van der Waals surface area contributed by atoms with Crippen LogP contribution in [0.2, 0.25) is 5.02 Å². The predicted octanol–water partition coefficient (Wildman–Crippen LogP) is 4.88. The van der Waals surface area contributed by atoms with E-state index in [1.807, 2.05) is 6.07 Å². The molecule has 1 N–H and O–H groups in total. The second-order valence-electron chi connectivity index (χ2n) is 8.25.